The minimum Gasteiger partial charge on any atom is -0.368 e. The van der Waals surface area contributed by atoms with E-state index in [1.807, 2.05) is 6.07 Å². The highest BCUT2D eigenvalue weighted by molar-refractivity contribution is 5.80. The average Bonchev–Trinajstić information content (AvgIpc) is 2.15. The van der Waals surface area contributed by atoms with E-state index in [0.29, 0.717) is 6.61 Å². The summed E-state index contributed by atoms with van der Waals surface area (Å²) in [4.78, 5) is 11.2. The largest absolute Gasteiger partial charge is 0.368 e. The van der Waals surface area contributed by atoms with Crippen LogP contribution in [0.2, 0.25) is 0 Å². The fourth-order valence-electron chi connectivity index (χ4n) is 1.19. The van der Waals surface area contributed by atoms with Crippen LogP contribution in [0.5, 0.6) is 0 Å². The predicted molar refractivity (Wildman–Crippen MR) is 42.2 cm³/mol. The smallest absolute Gasteiger partial charge is 0.249 e. The average molecular weight is 168 g/mol. The SMILES string of the molecule is N#CCNC(=O)C1CCCCO1. The second kappa shape index (κ2) is 4.73. The molecular formula is C8H12N2O2. The zero-order valence-electron chi connectivity index (χ0n) is 6.88. The van der Waals surface area contributed by atoms with Gasteiger partial charge in [-0.05, 0) is 19.3 Å². The van der Waals surface area contributed by atoms with Crippen molar-refractivity contribution < 1.29 is 9.53 Å². The second-order valence-electron chi connectivity index (χ2n) is 2.73. The van der Waals surface area contributed by atoms with Crippen molar-refractivity contribution in [2.75, 3.05) is 13.2 Å². The summed E-state index contributed by atoms with van der Waals surface area (Å²) in [6.45, 7) is 0.726. The quantitative estimate of drug-likeness (QED) is 0.599. The van der Waals surface area contributed by atoms with Crippen LogP contribution < -0.4 is 5.32 Å². The maximum absolute atomic E-state index is 11.2. The number of nitrogens with zero attached hydrogens (tertiary/aromatic N) is 1. The Labute approximate surface area is 71.5 Å². The molecule has 0 aromatic carbocycles. The van der Waals surface area contributed by atoms with E-state index in [9.17, 15) is 4.79 Å². The zero-order valence-corrected chi connectivity index (χ0v) is 6.88. The summed E-state index contributed by atoms with van der Waals surface area (Å²) in [5, 5.41) is 10.7. The van der Waals surface area contributed by atoms with Crippen LogP contribution in [0.1, 0.15) is 19.3 Å². The lowest BCUT2D eigenvalue weighted by molar-refractivity contribution is -0.135. The van der Waals surface area contributed by atoms with Crippen LogP contribution in [0.3, 0.4) is 0 Å². The third-order valence-electron chi connectivity index (χ3n) is 1.81. The molecule has 1 aliphatic heterocycles. The third-order valence-corrected chi connectivity index (χ3v) is 1.81. The maximum atomic E-state index is 11.2. The minimum atomic E-state index is -0.327. The Bertz CT molecular complexity index is 192. The maximum Gasteiger partial charge on any atom is 0.249 e. The molecule has 0 saturated carbocycles. The summed E-state index contributed by atoms with van der Waals surface area (Å²) in [5.41, 5.74) is 0. The van der Waals surface area contributed by atoms with Gasteiger partial charge in [0.1, 0.15) is 12.6 Å². The van der Waals surface area contributed by atoms with Crippen LogP contribution in [0.4, 0.5) is 0 Å². The molecule has 0 radical (unpaired) electrons. The first-order chi connectivity index (χ1) is 5.84. The van der Waals surface area contributed by atoms with E-state index in [1.54, 1.807) is 0 Å². The summed E-state index contributed by atoms with van der Waals surface area (Å²) in [6.07, 6.45) is 2.51. The Morgan fingerprint density at radius 1 is 1.67 bits per heavy atom. The molecule has 1 fully saturated rings. The lowest BCUT2D eigenvalue weighted by atomic mass is 10.1. The highest BCUT2D eigenvalue weighted by atomic mass is 16.5. The van der Waals surface area contributed by atoms with Crippen molar-refractivity contribution in [3.63, 3.8) is 0 Å². The predicted octanol–water partition coefficient (Wildman–Crippen LogP) is 0.195. The molecule has 12 heavy (non-hydrogen) atoms. The topological polar surface area (TPSA) is 62.1 Å². The summed E-state index contributed by atoms with van der Waals surface area (Å²) < 4.78 is 5.22. The molecule has 1 aliphatic rings. The first kappa shape index (κ1) is 9.01. The van der Waals surface area contributed by atoms with E-state index in [0.717, 1.165) is 19.3 Å². The molecule has 1 rings (SSSR count). The van der Waals surface area contributed by atoms with Crippen LogP contribution in [-0.2, 0) is 9.53 Å². The zero-order chi connectivity index (χ0) is 8.81. The molecular weight excluding hydrogens is 156 g/mol. The van der Waals surface area contributed by atoms with E-state index in [2.05, 4.69) is 5.32 Å². The Kier molecular flexibility index (Phi) is 3.55. The molecule has 66 valence electrons. The molecule has 1 heterocycles. The second-order valence-corrected chi connectivity index (χ2v) is 2.73. The van der Waals surface area contributed by atoms with Gasteiger partial charge in [0.05, 0.1) is 6.07 Å². The van der Waals surface area contributed by atoms with Gasteiger partial charge in [-0.15, -0.1) is 0 Å². The number of nitriles is 1. The van der Waals surface area contributed by atoms with Crippen LogP contribution in [0, 0.1) is 11.3 Å². The normalized spacial score (nSPS) is 22.8. The van der Waals surface area contributed by atoms with Crippen molar-refractivity contribution in [1.29, 1.82) is 5.26 Å². The Balaban J connectivity index is 2.26. The number of hydrogen-bond acceptors (Lipinski definition) is 3. The first-order valence-corrected chi connectivity index (χ1v) is 4.11. The van der Waals surface area contributed by atoms with Crippen molar-refractivity contribution in [2.24, 2.45) is 0 Å². The molecule has 1 saturated heterocycles. The van der Waals surface area contributed by atoms with E-state index in [1.165, 1.54) is 0 Å². The van der Waals surface area contributed by atoms with Gasteiger partial charge in [-0.25, -0.2) is 0 Å². The van der Waals surface area contributed by atoms with Gasteiger partial charge in [-0.1, -0.05) is 0 Å². The van der Waals surface area contributed by atoms with Crippen molar-refractivity contribution in [2.45, 2.75) is 25.4 Å². The number of ether oxygens (including phenoxy) is 1. The molecule has 4 nitrogen and oxygen atoms in total. The number of hydrogen-bond donors (Lipinski definition) is 1. The summed E-state index contributed by atoms with van der Waals surface area (Å²) in [6, 6.07) is 1.85. The number of nitrogens with one attached hydrogen (secondary N) is 1. The molecule has 1 amide bonds. The van der Waals surface area contributed by atoms with Gasteiger partial charge in [-0.3, -0.25) is 4.79 Å². The minimum absolute atomic E-state index is 0.0681. The van der Waals surface area contributed by atoms with Gasteiger partial charge in [0.25, 0.3) is 0 Å². The van der Waals surface area contributed by atoms with E-state index < -0.39 is 0 Å². The number of rotatable bonds is 2. The van der Waals surface area contributed by atoms with E-state index >= 15 is 0 Å². The Hall–Kier alpha value is -1.08. The van der Waals surface area contributed by atoms with Gasteiger partial charge >= 0.3 is 0 Å². The molecule has 1 N–H and O–H groups in total. The molecule has 0 aromatic heterocycles. The lowest BCUT2D eigenvalue weighted by Gasteiger charge is -2.20. The molecule has 0 aromatic rings. The summed E-state index contributed by atoms with van der Waals surface area (Å²) in [5.74, 6) is -0.156. The van der Waals surface area contributed by atoms with Gasteiger partial charge < -0.3 is 10.1 Å². The van der Waals surface area contributed by atoms with Crippen LogP contribution >= 0.6 is 0 Å². The summed E-state index contributed by atoms with van der Waals surface area (Å²) >= 11 is 0. The fraction of sp³-hybridized carbons (Fsp3) is 0.750. The van der Waals surface area contributed by atoms with Gasteiger partial charge in [0.15, 0.2) is 0 Å². The highest BCUT2D eigenvalue weighted by Gasteiger charge is 2.20. The summed E-state index contributed by atoms with van der Waals surface area (Å²) in [7, 11) is 0. The van der Waals surface area contributed by atoms with Gasteiger partial charge in [0.2, 0.25) is 5.91 Å². The molecule has 1 atom stereocenters. The Morgan fingerprint density at radius 3 is 3.08 bits per heavy atom. The van der Waals surface area contributed by atoms with Crippen molar-refractivity contribution in [1.82, 2.24) is 5.32 Å². The van der Waals surface area contributed by atoms with E-state index in [4.69, 9.17) is 10.00 Å². The molecule has 1 unspecified atom stereocenters. The van der Waals surface area contributed by atoms with Crippen LogP contribution in [0.25, 0.3) is 0 Å². The molecule has 4 heteroatoms. The number of carbonyl (C=O) groups excluding carboxylic acids is 1. The molecule has 0 spiro atoms. The van der Waals surface area contributed by atoms with Crippen LogP contribution in [0.15, 0.2) is 0 Å². The molecule has 0 aliphatic carbocycles. The number of carbonyl (C=O) groups is 1. The molecule has 0 bridgehead atoms. The van der Waals surface area contributed by atoms with Gasteiger partial charge in [0, 0.05) is 6.61 Å². The van der Waals surface area contributed by atoms with E-state index in [-0.39, 0.29) is 18.6 Å². The third kappa shape index (κ3) is 2.51. The standard InChI is InChI=1S/C8H12N2O2/c9-4-5-10-8(11)7-3-1-2-6-12-7/h7H,1-3,5-6H2,(H,10,11). The van der Waals surface area contributed by atoms with Crippen molar-refractivity contribution in [3.8, 4) is 6.07 Å². The van der Waals surface area contributed by atoms with Crippen molar-refractivity contribution in [3.05, 3.63) is 0 Å². The monoisotopic (exact) mass is 168 g/mol. The fourth-order valence-corrected chi connectivity index (χ4v) is 1.19. The van der Waals surface area contributed by atoms with Gasteiger partial charge in [-0.2, -0.15) is 5.26 Å². The first-order valence-electron chi connectivity index (χ1n) is 4.11. The Morgan fingerprint density at radius 2 is 2.50 bits per heavy atom. The highest BCUT2D eigenvalue weighted by Crippen LogP contribution is 2.12. The van der Waals surface area contributed by atoms with Crippen molar-refractivity contribution >= 4 is 5.91 Å². The van der Waals surface area contributed by atoms with Crippen LogP contribution in [-0.4, -0.2) is 25.2 Å². The number of amides is 1. The lowest BCUT2D eigenvalue weighted by Crippen LogP contribution is -2.38.